The van der Waals surface area contributed by atoms with E-state index in [0.29, 0.717) is 25.7 Å². The highest BCUT2D eigenvalue weighted by Crippen LogP contribution is 2.26. The number of benzene rings is 1. The average Bonchev–Trinajstić information content (AvgIpc) is 3.04. The maximum absolute atomic E-state index is 12.9. The predicted octanol–water partition coefficient (Wildman–Crippen LogP) is 1.91. The van der Waals surface area contributed by atoms with E-state index >= 15 is 0 Å². The number of amides is 1. The van der Waals surface area contributed by atoms with Gasteiger partial charge in [-0.1, -0.05) is 30.3 Å². The molecule has 0 saturated carbocycles. The van der Waals surface area contributed by atoms with Gasteiger partial charge in [0.2, 0.25) is 5.91 Å². The maximum Gasteiger partial charge on any atom is 0.237 e. The van der Waals surface area contributed by atoms with Crippen LogP contribution in [0, 0.1) is 0 Å². The fourth-order valence-electron chi connectivity index (χ4n) is 4.09. The van der Waals surface area contributed by atoms with Crippen molar-refractivity contribution in [3.8, 4) is 0 Å². The van der Waals surface area contributed by atoms with Crippen LogP contribution in [-0.4, -0.2) is 59.6 Å². The van der Waals surface area contributed by atoms with Gasteiger partial charge in [0.1, 0.15) is 0 Å². The molecule has 1 aromatic carbocycles. The highest BCUT2D eigenvalue weighted by molar-refractivity contribution is 5.78. The first-order chi connectivity index (χ1) is 12.7. The molecule has 0 spiro atoms. The summed E-state index contributed by atoms with van der Waals surface area (Å²) in [4.78, 5) is 21.3. The van der Waals surface area contributed by atoms with Crippen LogP contribution in [0.25, 0.3) is 0 Å². The van der Waals surface area contributed by atoms with Gasteiger partial charge in [-0.3, -0.25) is 14.7 Å². The van der Waals surface area contributed by atoms with Crippen molar-refractivity contribution in [2.24, 2.45) is 0 Å². The fourth-order valence-corrected chi connectivity index (χ4v) is 4.09. The molecule has 5 nitrogen and oxygen atoms in total. The van der Waals surface area contributed by atoms with E-state index in [9.17, 15) is 4.79 Å². The third-order valence-corrected chi connectivity index (χ3v) is 5.53. The van der Waals surface area contributed by atoms with Crippen LogP contribution in [0.4, 0.5) is 0 Å². The molecule has 1 amide bonds. The maximum atomic E-state index is 12.9. The Bertz CT molecular complexity index is 740. The topological polar surface area (TPSA) is 45.7 Å². The number of methoxy groups -OCH3 is 1. The molecule has 0 bridgehead atoms. The van der Waals surface area contributed by atoms with Gasteiger partial charge in [-0.15, -0.1) is 0 Å². The molecule has 0 N–H and O–H groups in total. The normalized spacial score (nSPS) is 21.7. The van der Waals surface area contributed by atoms with Gasteiger partial charge in [0.15, 0.2) is 0 Å². The third-order valence-electron chi connectivity index (χ3n) is 5.53. The summed E-state index contributed by atoms with van der Waals surface area (Å²) in [5.74, 6) is 0.171. The summed E-state index contributed by atoms with van der Waals surface area (Å²) in [5.41, 5.74) is 3.88. The molecule has 1 aliphatic carbocycles. The number of pyridine rings is 1. The molecule has 2 heterocycles. The van der Waals surface area contributed by atoms with Crippen LogP contribution >= 0.6 is 0 Å². The second kappa shape index (κ2) is 7.56. The minimum absolute atomic E-state index is 0.0295. The van der Waals surface area contributed by atoms with Gasteiger partial charge in [-0.05, 0) is 35.6 Å². The summed E-state index contributed by atoms with van der Waals surface area (Å²) in [7, 11) is 1.74. The Morgan fingerprint density at radius 2 is 1.88 bits per heavy atom. The summed E-state index contributed by atoms with van der Waals surface area (Å²) in [6.45, 7) is 2.47. The predicted molar refractivity (Wildman–Crippen MR) is 99.7 cm³/mol. The van der Waals surface area contributed by atoms with Gasteiger partial charge in [-0.25, -0.2) is 0 Å². The molecule has 2 aromatic rings. The monoisotopic (exact) mass is 351 g/mol. The number of hydrogen-bond donors (Lipinski definition) is 0. The van der Waals surface area contributed by atoms with Gasteiger partial charge in [-0.2, -0.15) is 0 Å². The van der Waals surface area contributed by atoms with Crippen LogP contribution in [0.3, 0.4) is 0 Å². The van der Waals surface area contributed by atoms with E-state index < -0.39 is 0 Å². The second-order valence-electron chi connectivity index (χ2n) is 7.25. The minimum Gasteiger partial charge on any atom is -0.378 e. The van der Waals surface area contributed by atoms with E-state index in [1.54, 1.807) is 13.3 Å². The summed E-state index contributed by atoms with van der Waals surface area (Å²) in [6, 6.07) is 12.9. The average molecular weight is 351 g/mol. The smallest absolute Gasteiger partial charge is 0.237 e. The fraction of sp³-hybridized carbons (Fsp3) is 0.429. The van der Waals surface area contributed by atoms with E-state index in [-0.39, 0.29) is 12.0 Å². The van der Waals surface area contributed by atoms with E-state index in [1.807, 2.05) is 23.2 Å². The number of hydrogen-bond acceptors (Lipinski definition) is 4. The Labute approximate surface area is 154 Å². The zero-order valence-corrected chi connectivity index (χ0v) is 15.2. The Morgan fingerprint density at radius 3 is 2.54 bits per heavy atom. The molecule has 4 rings (SSSR count). The molecule has 2 aliphatic rings. The van der Waals surface area contributed by atoms with Gasteiger partial charge in [0, 0.05) is 45.2 Å². The quantitative estimate of drug-likeness (QED) is 0.844. The molecule has 1 saturated heterocycles. The zero-order chi connectivity index (χ0) is 17.9. The number of nitrogens with zero attached hydrogens (tertiary/aromatic N) is 3. The lowest BCUT2D eigenvalue weighted by molar-refractivity contribution is -0.132. The summed E-state index contributed by atoms with van der Waals surface area (Å²) >= 11 is 0. The lowest BCUT2D eigenvalue weighted by Crippen LogP contribution is -2.42. The largest absolute Gasteiger partial charge is 0.378 e. The van der Waals surface area contributed by atoms with Gasteiger partial charge < -0.3 is 9.64 Å². The number of ether oxygens (including phenoxy) is 1. The first-order valence-electron chi connectivity index (χ1n) is 9.23. The Balaban J connectivity index is 1.48. The Hall–Kier alpha value is -2.24. The molecule has 1 fully saturated rings. The Kier molecular flexibility index (Phi) is 5.00. The van der Waals surface area contributed by atoms with Gasteiger partial charge in [0.25, 0.3) is 0 Å². The first-order valence-corrected chi connectivity index (χ1v) is 9.23. The molecule has 1 aliphatic heterocycles. The molecule has 5 heteroatoms. The third kappa shape index (κ3) is 3.64. The van der Waals surface area contributed by atoms with Crippen LogP contribution < -0.4 is 0 Å². The summed E-state index contributed by atoms with van der Waals surface area (Å²) in [5, 5.41) is 0. The van der Waals surface area contributed by atoms with Crippen molar-refractivity contribution in [3.63, 3.8) is 0 Å². The van der Waals surface area contributed by atoms with Crippen LogP contribution in [0.5, 0.6) is 0 Å². The highest BCUT2D eigenvalue weighted by Gasteiger charge is 2.34. The molecule has 26 heavy (non-hydrogen) atoms. The van der Waals surface area contributed by atoms with E-state index in [4.69, 9.17) is 4.74 Å². The van der Waals surface area contributed by atoms with Crippen molar-refractivity contribution in [2.75, 3.05) is 26.7 Å². The second-order valence-corrected chi connectivity index (χ2v) is 7.25. The highest BCUT2D eigenvalue weighted by atomic mass is 16.5. The lowest BCUT2D eigenvalue weighted by Gasteiger charge is -2.28. The van der Waals surface area contributed by atoms with Crippen LogP contribution in [0.15, 0.2) is 48.8 Å². The summed E-state index contributed by atoms with van der Waals surface area (Å²) in [6.07, 6.45) is 5.64. The molecule has 0 radical (unpaired) electrons. The van der Waals surface area contributed by atoms with Crippen LogP contribution in [0.2, 0.25) is 0 Å². The van der Waals surface area contributed by atoms with Crippen LogP contribution in [0.1, 0.15) is 16.7 Å². The van der Waals surface area contributed by atoms with Crippen molar-refractivity contribution in [1.82, 2.24) is 14.8 Å². The molecule has 0 unspecified atom stereocenters. The summed E-state index contributed by atoms with van der Waals surface area (Å²) < 4.78 is 5.70. The van der Waals surface area contributed by atoms with E-state index in [1.165, 1.54) is 11.1 Å². The first kappa shape index (κ1) is 17.2. The van der Waals surface area contributed by atoms with Crippen molar-refractivity contribution < 1.29 is 9.53 Å². The van der Waals surface area contributed by atoms with E-state index in [2.05, 4.69) is 34.1 Å². The number of carbonyl (C=O) groups is 1. The van der Waals surface area contributed by atoms with E-state index in [0.717, 1.165) is 24.9 Å². The zero-order valence-electron chi connectivity index (χ0n) is 15.2. The van der Waals surface area contributed by atoms with Crippen molar-refractivity contribution >= 4 is 5.91 Å². The molecule has 1 aromatic heterocycles. The lowest BCUT2D eigenvalue weighted by atomic mass is 10.1. The Morgan fingerprint density at radius 1 is 1.12 bits per heavy atom. The number of carbonyl (C=O) groups excluding carboxylic acids is 1. The van der Waals surface area contributed by atoms with Crippen molar-refractivity contribution in [1.29, 1.82) is 0 Å². The number of fused-ring (bicyclic) bond motifs is 1. The van der Waals surface area contributed by atoms with Gasteiger partial charge >= 0.3 is 0 Å². The number of aromatic nitrogens is 1. The molecule has 1 atom stereocenters. The molecular weight excluding hydrogens is 326 g/mol. The molecular formula is C21H25N3O2. The van der Waals surface area contributed by atoms with Crippen molar-refractivity contribution in [3.05, 3.63) is 65.5 Å². The standard InChI is InChI=1S/C21H25N3O2/c1-26-20-13-23(19-9-17-6-2-3-7-18(17)10-19)15-21(25)24(14-20)12-16-5-4-8-22-11-16/h2-8,11,19-20H,9-10,12-15H2,1H3/t20-/m0/s1. The number of rotatable bonds is 4. The minimum atomic E-state index is 0.0295. The van der Waals surface area contributed by atoms with Crippen LogP contribution in [-0.2, 0) is 28.9 Å². The van der Waals surface area contributed by atoms with Gasteiger partial charge in [0.05, 0.1) is 12.6 Å². The molecule has 136 valence electrons. The SMILES string of the molecule is CO[C@@H]1CN(Cc2cccnc2)C(=O)CN(C2Cc3ccccc3C2)C1. The van der Waals surface area contributed by atoms with Crippen molar-refractivity contribution in [2.45, 2.75) is 31.5 Å².